The van der Waals surface area contributed by atoms with Crippen LogP contribution in [-0.2, 0) is 51.2 Å². The highest BCUT2D eigenvalue weighted by molar-refractivity contribution is 5.98. The van der Waals surface area contributed by atoms with Crippen molar-refractivity contribution in [3.8, 4) is 0 Å². The van der Waals surface area contributed by atoms with Crippen LogP contribution in [0.25, 0.3) is 0 Å². The van der Waals surface area contributed by atoms with Crippen LogP contribution in [0.4, 0.5) is 0 Å². The maximum atomic E-state index is 13.9. The van der Waals surface area contributed by atoms with Gasteiger partial charge in [0.15, 0.2) is 0 Å². The Bertz CT molecular complexity index is 1850. The normalized spacial score (nSPS) is 27.1. The van der Waals surface area contributed by atoms with E-state index in [0.717, 1.165) is 0 Å². The molecule has 2 aromatic rings. The first-order chi connectivity index (χ1) is 28.2. The summed E-state index contributed by atoms with van der Waals surface area (Å²) in [5, 5.41) is 26.3. The van der Waals surface area contributed by atoms with Crippen LogP contribution in [0.5, 0.6) is 0 Å². The summed E-state index contributed by atoms with van der Waals surface area (Å²) in [7, 11) is 0. The molecule has 8 amide bonds. The highest BCUT2D eigenvalue weighted by atomic mass is 16.3. The molecule has 3 aliphatic rings. The summed E-state index contributed by atoms with van der Waals surface area (Å²) in [5.74, 6) is -5.29. The number of carbonyl (C=O) groups is 8. The number of hydrogen-bond donors (Lipinski definition) is 7. The Hall–Kier alpha value is -5.84. The van der Waals surface area contributed by atoms with Gasteiger partial charge in [-0.2, -0.15) is 0 Å². The molecule has 7 N–H and O–H groups in total. The van der Waals surface area contributed by atoms with Gasteiger partial charge in [0.2, 0.25) is 47.3 Å². The van der Waals surface area contributed by atoms with Gasteiger partial charge in [-0.3, -0.25) is 38.4 Å². The van der Waals surface area contributed by atoms with E-state index in [1.807, 2.05) is 13.8 Å². The molecule has 0 spiro atoms. The van der Waals surface area contributed by atoms with E-state index in [2.05, 4.69) is 31.9 Å². The van der Waals surface area contributed by atoms with Gasteiger partial charge in [-0.05, 0) is 56.1 Å². The number of benzene rings is 2. The molecule has 0 bridgehead atoms. The van der Waals surface area contributed by atoms with Crippen LogP contribution in [0, 0.1) is 5.92 Å². The number of nitrogens with zero attached hydrogens (tertiary/aromatic N) is 2. The van der Waals surface area contributed by atoms with E-state index < -0.39 is 103 Å². The molecule has 318 valence electrons. The SMILES string of the molecule is CC(C)C[C@@H]1NC(=O)[C@@H]2CCCN2C(=O)CNC(=O)[C@H](Cc2ccccc2)NC(=O)[C@@H](CO)NC(=O)[C@H](Cc2ccccc2)NC(=O)[C@@H]2CCCN2C(=O)[C@H](C)NC1=O. The first-order valence-corrected chi connectivity index (χ1v) is 20.3. The third-order valence-corrected chi connectivity index (χ3v) is 10.8. The highest BCUT2D eigenvalue weighted by Crippen LogP contribution is 2.21. The maximum Gasteiger partial charge on any atom is 0.245 e. The molecule has 2 aromatic carbocycles. The zero-order valence-electron chi connectivity index (χ0n) is 33.8. The molecule has 3 saturated heterocycles. The van der Waals surface area contributed by atoms with Gasteiger partial charge in [0, 0.05) is 25.9 Å². The van der Waals surface area contributed by atoms with Gasteiger partial charge in [0.25, 0.3) is 0 Å². The van der Waals surface area contributed by atoms with Crippen molar-refractivity contribution in [3.63, 3.8) is 0 Å². The first kappa shape index (κ1) is 44.3. The summed E-state index contributed by atoms with van der Waals surface area (Å²) < 4.78 is 0. The van der Waals surface area contributed by atoms with Crippen LogP contribution in [0.2, 0.25) is 0 Å². The molecule has 7 atom stereocenters. The summed E-state index contributed by atoms with van der Waals surface area (Å²) >= 11 is 0. The Morgan fingerprint density at radius 2 is 1.05 bits per heavy atom. The van der Waals surface area contributed by atoms with Crippen molar-refractivity contribution in [2.75, 3.05) is 26.2 Å². The third-order valence-electron chi connectivity index (χ3n) is 10.8. The monoisotopic (exact) mass is 816 g/mol. The van der Waals surface area contributed by atoms with Crippen molar-refractivity contribution in [2.45, 2.75) is 108 Å². The third kappa shape index (κ3) is 11.9. The van der Waals surface area contributed by atoms with Gasteiger partial charge < -0.3 is 46.8 Å². The second-order valence-electron chi connectivity index (χ2n) is 15.8. The molecule has 59 heavy (non-hydrogen) atoms. The largest absolute Gasteiger partial charge is 0.394 e. The van der Waals surface area contributed by atoms with Gasteiger partial charge >= 0.3 is 0 Å². The molecule has 3 fully saturated rings. The zero-order chi connectivity index (χ0) is 42.6. The average Bonchev–Trinajstić information content (AvgIpc) is 3.92. The Labute approximate surface area is 343 Å². The van der Waals surface area contributed by atoms with Gasteiger partial charge in [-0.25, -0.2) is 0 Å². The molecule has 0 unspecified atom stereocenters. The molecule has 0 radical (unpaired) electrons. The maximum absolute atomic E-state index is 13.9. The number of aliphatic hydroxyl groups is 1. The van der Waals surface area contributed by atoms with E-state index >= 15 is 0 Å². The van der Waals surface area contributed by atoms with Crippen LogP contribution in [0.15, 0.2) is 60.7 Å². The number of nitrogens with one attached hydrogen (secondary N) is 6. The van der Waals surface area contributed by atoms with E-state index in [4.69, 9.17) is 0 Å². The number of fused-ring (bicyclic) bond motifs is 2. The molecule has 0 saturated carbocycles. The fraction of sp³-hybridized carbons (Fsp3) is 0.524. The van der Waals surface area contributed by atoms with Crippen LogP contribution < -0.4 is 31.9 Å². The fourth-order valence-electron chi connectivity index (χ4n) is 7.75. The fourth-order valence-corrected chi connectivity index (χ4v) is 7.75. The second-order valence-corrected chi connectivity index (χ2v) is 15.8. The Morgan fingerprint density at radius 1 is 0.593 bits per heavy atom. The molecule has 0 aliphatic carbocycles. The van der Waals surface area contributed by atoms with E-state index in [1.54, 1.807) is 60.7 Å². The highest BCUT2D eigenvalue weighted by Gasteiger charge is 2.40. The van der Waals surface area contributed by atoms with Crippen molar-refractivity contribution >= 4 is 47.3 Å². The minimum Gasteiger partial charge on any atom is -0.394 e. The van der Waals surface area contributed by atoms with Gasteiger partial charge in [0.05, 0.1) is 13.2 Å². The summed E-state index contributed by atoms with van der Waals surface area (Å²) in [6.07, 6.45) is 1.82. The summed E-state index contributed by atoms with van der Waals surface area (Å²) in [6, 6.07) is 9.54. The number of aliphatic hydroxyl groups excluding tert-OH is 1. The summed E-state index contributed by atoms with van der Waals surface area (Å²) in [6.45, 7) is 4.35. The average molecular weight is 817 g/mol. The molecule has 3 heterocycles. The minimum atomic E-state index is -1.55. The molecule has 17 heteroatoms. The lowest BCUT2D eigenvalue weighted by atomic mass is 10.0. The van der Waals surface area contributed by atoms with Crippen LogP contribution in [0.3, 0.4) is 0 Å². The minimum absolute atomic E-state index is 0.000785. The number of amides is 8. The number of rotatable bonds is 7. The molecular formula is C42H56N8O9. The van der Waals surface area contributed by atoms with Crippen LogP contribution >= 0.6 is 0 Å². The van der Waals surface area contributed by atoms with Gasteiger partial charge in [-0.1, -0.05) is 74.5 Å². The molecule has 5 rings (SSSR count). The summed E-state index contributed by atoms with van der Waals surface area (Å²) in [4.78, 5) is 113. The Balaban J connectivity index is 1.46. The second kappa shape index (κ2) is 20.7. The molecule has 3 aliphatic heterocycles. The predicted molar refractivity (Wildman–Crippen MR) is 215 cm³/mol. The van der Waals surface area contributed by atoms with Crippen molar-refractivity contribution < 1.29 is 43.5 Å². The van der Waals surface area contributed by atoms with E-state index in [9.17, 15) is 43.5 Å². The molecular weight excluding hydrogens is 761 g/mol. The van der Waals surface area contributed by atoms with Gasteiger partial charge in [-0.15, -0.1) is 0 Å². The lowest BCUT2D eigenvalue weighted by Crippen LogP contribution is -2.61. The van der Waals surface area contributed by atoms with Crippen LogP contribution in [-0.4, -0.2) is 131 Å². The topological polar surface area (TPSA) is 235 Å². The lowest BCUT2D eigenvalue weighted by Gasteiger charge is -2.30. The van der Waals surface area contributed by atoms with Crippen molar-refractivity contribution in [2.24, 2.45) is 5.92 Å². The van der Waals surface area contributed by atoms with Crippen molar-refractivity contribution in [1.82, 2.24) is 41.7 Å². The zero-order valence-corrected chi connectivity index (χ0v) is 33.8. The number of hydrogen-bond acceptors (Lipinski definition) is 9. The molecule has 17 nitrogen and oxygen atoms in total. The van der Waals surface area contributed by atoms with Crippen molar-refractivity contribution in [3.05, 3.63) is 71.8 Å². The van der Waals surface area contributed by atoms with E-state index in [0.29, 0.717) is 30.4 Å². The lowest BCUT2D eigenvalue weighted by molar-refractivity contribution is -0.142. The Morgan fingerprint density at radius 3 is 1.61 bits per heavy atom. The standard InChI is InChI=1S/C42H56N8O9/c1-25(2)20-29-37(54)44-26(3)42(59)50-19-11-17-34(50)41(58)47-31(22-28-14-8-5-9-15-28)38(55)48-32(24-51)39(56)45-30(21-27-12-6-4-7-13-27)36(53)43-23-35(52)49-18-10-16-33(49)40(57)46-29/h4-9,12-15,25-26,29-34,51H,10-11,16-24H2,1-3H3,(H,43,53)(H,44,54)(H,45,56)(H,46,57)(H,47,58)(H,48,55)/t26-,29-,30-,31-,32+,33-,34-/m0/s1. The predicted octanol–water partition coefficient (Wildman–Crippen LogP) is -0.934. The Kier molecular flexibility index (Phi) is 15.6. The van der Waals surface area contributed by atoms with Gasteiger partial charge in [0.1, 0.15) is 42.3 Å². The van der Waals surface area contributed by atoms with Crippen molar-refractivity contribution in [1.29, 1.82) is 0 Å². The summed E-state index contributed by atoms with van der Waals surface area (Å²) in [5.41, 5.74) is 1.35. The first-order valence-electron chi connectivity index (χ1n) is 20.3. The van der Waals surface area contributed by atoms with E-state index in [1.165, 1.54) is 16.7 Å². The quantitative estimate of drug-likeness (QED) is 0.183. The smallest absolute Gasteiger partial charge is 0.245 e. The number of carbonyl (C=O) groups excluding carboxylic acids is 8. The van der Waals surface area contributed by atoms with E-state index in [-0.39, 0.29) is 44.7 Å². The van der Waals surface area contributed by atoms with Crippen LogP contribution in [0.1, 0.15) is 64.0 Å². The molecule has 0 aromatic heterocycles.